The van der Waals surface area contributed by atoms with Crippen LogP contribution in [0.4, 0.5) is 0 Å². The van der Waals surface area contributed by atoms with Crippen molar-refractivity contribution >= 4 is 11.8 Å². The van der Waals surface area contributed by atoms with Gasteiger partial charge in [0.05, 0.1) is 0 Å². The zero-order valence-corrected chi connectivity index (χ0v) is 19.9. The standard InChI is InChI=1S/C25H41N5O2/c1-20-8-16-29(17-9-20)14-4-12-26-24(31)22-6-3-7-23(28-22)25(32)27-13-5-15-30-18-10-21(2)11-19-30/h3,6-7,20-21H,4-5,8-19H2,1-2H3,(H,26,31)(H,27,32). The monoisotopic (exact) mass is 443 g/mol. The average Bonchev–Trinajstić information content (AvgIpc) is 2.81. The summed E-state index contributed by atoms with van der Waals surface area (Å²) in [6, 6.07) is 5.05. The van der Waals surface area contributed by atoms with Gasteiger partial charge in [-0.25, -0.2) is 4.98 Å². The van der Waals surface area contributed by atoms with E-state index in [2.05, 4.69) is 39.3 Å². The summed E-state index contributed by atoms with van der Waals surface area (Å²) in [5, 5.41) is 5.88. The van der Waals surface area contributed by atoms with Crippen molar-refractivity contribution in [2.45, 2.75) is 52.4 Å². The zero-order chi connectivity index (χ0) is 22.8. The van der Waals surface area contributed by atoms with Crippen LogP contribution in [0.5, 0.6) is 0 Å². The lowest BCUT2D eigenvalue weighted by Crippen LogP contribution is -2.36. The number of hydrogen-bond donors (Lipinski definition) is 2. The smallest absolute Gasteiger partial charge is 0.269 e. The third-order valence-corrected chi connectivity index (χ3v) is 6.84. The molecule has 2 aliphatic heterocycles. The molecule has 0 bridgehead atoms. The summed E-state index contributed by atoms with van der Waals surface area (Å²) in [6.07, 6.45) is 6.92. The molecule has 2 aliphatic rings. The van der Waals surface area contributed by atoms with Crippen LogP contribution in [-0.4, -0.2) is 79.0 Å². The second-order valence-corrected chi connectivity index (χ2v) is 9.68. The van der Waals surface area contributed by atoms with E-state index in [1.54, 1.807) is 18.2 Å². The maximum absolute atomic E-state index is 12.4. The van der Waals surface area contributed by atoms with Crippen LogP contribution in [-0.2, 0) is 0 Å². The van der Waals surface area contributed by atoms with Gasteiger partial charge in [0.1, 0.15) is 11.4 Å². The molecule has 0 aliphatic carbocycles. The van der Waals surface area contributed by atoms with E-state index in [1.165, 1.54) is 25.7 Å². The highest BCUT2D eigenvalue weighted by atomic mass is 16.2. The Morgan fingerprint density at radius 1 is 0.812 bits per heavy atom. The summed E-state index contributed by atoms with van der Waals surface area (Å²) < 4.78 is 0. The Balaban J connectivity index is 1.33. The summed E-state index contributed by atoms with van der Waals surface area (Å²) in [5.41, 5.74) is 0.596. The molecule has 0 saturated carbocycles. The summed E-state index contributed by atoms with van der Waals surface area (Å²) in [7, 11) is 0. The lowest BCUT2D eigenvalue weighted by molar-refractivity contribution is 0.0941. The van der Waals surface area contributed by atoms with Crippen LogP contribution in [0.3, 0.4) is 0 Å². The van der Waals surface area contributed by atoms with Crippen molar-refractivity contribution in [1.29, 1.82) is 0 Å². The highest BCUT2D eigenvalue weighted by molar-refractivity contribution is 5.96. The van der Waals surface area contributed by atoms with Crippen LogP contribution >= 0.6 is 0 Å². The number of nitrogens with zero attached hydrogens (tertiary/aromatic N) is 3. The Kier molecular flexibility index (Phi) is 9.93. The fraction of sp³-hybridized carbons (Fsp3) is 0.720. The molecule has 2 N–H and O–H groups in total. The number of pyridine rings is 1. The van der Waals surface area contributed by atoms with E-state index in [9.17, 15) is 9.59 Å². The first kappa shape index (κ1) is 24.6. The molecule has 0 atom stereocenters. The molecule has 1 aromatic rings. The highest BCUT2D eigenvalue weighted by Gasteiger charge is 2.17. The fourth-order valence-corrected chi connectivity index (χ4v) is 4.45. The summed E-state index contributed by atoms with van der Waals surface area (Å²) in [6.45, 7) is 12.5. The van der Waals surface area contributed by atoms with E-state index < -0.39 is 0 Å². The van der Waals surface area contributed by atoms with E-state index in [-0.39, 0.29) is 11.8 Å². The Bertz CT molecular complexity index is 668. The maximum Gasteiger partial charge on any atom is 0.269 e. The van der Waals surface area contributed by atoms with E-state index in [1.807, 2.05) is 0 Å². The molecule has 3 rings (SSSR count). The molecule has 32 heavy (non-hydrogen) atoms. The molecular formula is C25H41N5O2. The van der Waals surface area contributed by atoms with Crippen molar-refractivity contribution in [3.8, 4) is 0 Å². The van der Waals surface area contributed by atoms with Gasteiger partial charge in [0.15, 0.2) is 0 Å². The molecule has 7 nitrogen and oxygen atoms in total. The van der Waals surface area contributed by atoms with E-state index in [0.29, 0.717) is 24.5 Å². The van der Waals surface area contributed by atoms with E-state index >= 15 is 0 Å². The van der Waals surface area contributed by atoms with Gasteiger partial charge in [-0.2, -0.15) is 0 Å². The topological polar surface area (TPSA) is 77.6 Å². The lowest BCUT2D eigenvalue weighted by atomic mass is 9.99. The van der Waals surface area contributed by atoms with Crippen LogP contribution in [0, 0.1) is 11.8 Å². The summed E-state index contributed by atoms with van der Waals surface area (Å²) in [5.74, 6) is 1.23. The van der Waals surface area contributed by atoms with Gasteiger partial charge in [-0.15, -0.1) is 0 Å². The van der Waals surface area contributed by atoms with Gasteiger partial charge in [0, 0.05) is 13.1 Å². The van der Waals surface area contributed by atoms with E-state index in [0.717, 1.165) is 63.9 Å². The predicted molar refractivity (Wildman–Crippen MR) is 128 cm³/mol. The minimum Gasteiger partial charge on any atom is -0.351 e. The van der Waals surface area contributed by atoms with Gasteiger partial charge in [-0.1, -0.05) is 19.9 Å². The summed E-state index contributed by atoms with van der Waals surface area (Å²) >= 11 is 0. The van der Waals surface area contributed by atoms with Crippen LogP contribution in [0.1, 0.15) is 73.3 Å². The van der Waals surface area contributed by atoms with Crippen molar-refractivity contribution in [3.63, 3.8) is 0 Å². The van der Waals surface area contributed by atoms with Crippen LogP contribution in [0.15, 0.2) is 18.2 Å². The predicted octanol–water partition coefficient (Wildman–Crippen LogP) is 2.79. The van der Waals surface area contributed by atoms with Crippen LogP contribution < -0.4 is 10.6 Å². The maximum atomic E-state index is 12.4. The van der Waals surface area contributed by atoms with Crippen molar-refractivity contribution in [1.82, 2.24) is 25.4 Å². The third-order valence-electron chi connectivity index (χ3n) is 6.84. The first-order chi connectivity index (χ1) is 15.5. The molecule has 0 unspecified atom stereocenters. The number of amides is 2. The van der Waals surface area contributed by atoms with Crippen molar-refractivity contribution in [2.24, 2.45) is 11.8 Å². The number of carbonyl (C=O) groups excluding carboxylic acids is 2. The Morgan fingerprint density at radius 2 is 1.22 bits per heavy atom. The SMILES string of the molecule is CC1CCN(CCCNC(=O)c2cccc(C(=O)NCCCN3CCC(C)CC3)n2)CC1. The minimum absolute atomic E-state index is 0.216. The van der Waals surface area contributed by atoms with Crippen molar-refractivity contribution < 1.29 is 9.59 Å². The van der Waals surface area contributed by atoms with E-state index in [4.69, 9.17) is 0 Å². The number of nitrogens with one attached hydrogen (secondary N) is 2. The number of carbonyl (C=O) groups is 2. The molecule has 2 fully saturated rings. The van der Waals surface area contributed by atoms with Crippen molar-refractivity contribution in [2.75, 3.05) is 52.4 Å². The minimum atomic E-state index is -0.216. The second-order valence-electron chi connectivity index (χ2n) is 9.68. The first-order valence-electron chi connectivity index (χ1n) is 12.5. The lowest BCUT2D eigenvalue weighted by Gasteiger charge is -2.30. The molecule has 0 spiro atoms. The van der Waals surface area contributed by atoms with Crippen LogP contribution in [0.25, 0.3) is 0 Å². The Hall–Kier alpha value is -1.99. The molecule has 2 amide bonds. The fourth-order valence-electron chi connectivity index (χ4n) is 4.45. The Labute approximate surface area is 193 Å². The van der Waals surface area contributed by atoms with Gasteiger partial charge < -0.3 is 20.4 Å². The largest absolute Gasteiger partial charge is 0.351 e. The van der Waals surface area contributed by atoms with Gasteiger partial charge >= 0.3 is 0 Å². The molecule has 7 heteroatoms. The first-order valence-corrected chi connectivity index (χ1v) is 12.5. The van der Waals surface area contributed by atoms with Gasteiger partial charge in [-0.3, -0.25) is 9.59 Å². The molecular weight excluding hydrogens is 402 g/mol. The quantitative estimate of drug-likeness (QED) is 0.544. The zero-order valence-electron chi connectivity index (χ0n) is 19.9. The highest BCUT2D eigenvalue weighted by Crippen LogP contribution is 2.16. The number of hydrogen-bond acceptors (Lipinski definition) is 5. The molecule has 0 aromatic carbocycles. The molecule has 2 saturated heterocycles. The van der Waals surface area contributed by atoms with Gasteiger partial charge in [0.2, 0.25) is 0 Å². The number of aromatic nitrogens is 1. The number of likely N-dealkylation sites (tertiary alicyclic amines) is 2. The molecule has 178 valence electrons. The molecule has 0 radical (unpaired) electrons. The number of rotatable bonds is 10. The van der Waals surface area contributed by atoms with Crippen molar-refractivity contribution in [3.05, 3.63) is 29.6 Å². The van der Waals surface area contributed by atoms with Crippen LogP contribution in [0.2, 0.25) is 0 Å². The normalized spacial score (nSPS) is 19.1. The summed E-state index contributed by atoms with van der Waals surface area (Å²) in [4.78, 5) is 34.1. The third kappa shape index (κ3) is 8.17. The molecule has 3 heterocycles. The Morgan fingerprint density at radius 3 is 1.62 bits per heavy atom. The van der Waals surface area contributed by atoms with Gasteiger partial charge in [-0.05, 0) is 102 Å². The average molecular weight is 444 g/mol. The number of piperidine rings is 2. The second kappa shape index (κ2) is 12.9. The van der Waals surface area contributed by atoms with Gasteiger partial charge in [0.25, 0.3) is 11.8 Å². The molecule has 1 aromatic heterocycles.